The second-order valence-electron chi connectivity index (χ2n) is 6.42. The number of nitrogen functional groups attached to an aromatic ring is 1. The largest absolute Gasteiger partial charge is 1.00 e. The molecule has 0 unspecified atom stereocenters. The normalized spacial score (nSPS) is 12.6. The number of ketones is 2. The number of fused-ring (bicyclic) bond motifs is 2. The van der Waals surface area contributed by atoms with E-state index in [9.17, 15) is 27.7 Å². The minimum Gasteiger partial charge on any atom is -0.744 e. The van der Waals surface area contributed by atoms with Crippen LogP contribution in [0.1, 0.15) is 31.8 Å². The Morgan fingerprint density at radius 3 is 2.07 bits per heavy atom. The number of phenols is 1. The van der Waals surface area contributed by atoms with Crippen molar-refractivity contribution in [3.8, 4) is 5.75 Å². The van der Waals surface area contributed by atoms with Crippen LogP contribution in [0.25, 0.3) is 0 Å². The molecule has 0 heterocycles. The van der Waals surface area contributed by atoms with Gasteiger partial charge < -0.3 is 20.7 Å². The molecule has 10 heteroatoms. The fourth-order valence-corrected chi connectivity index (χ4v) is 3.97. The number of rotatable bonds is 3. The smallest absolute Gasteiger partial charge is 0.744 e. The topological polar surface area (TPSA) is 150 Å². The molecule has 3 aromatic carbocycles. The van der Waals surface area contributed by atoms with Crippen LogP contribution in [-0.2, 0) is 10.1 Å². The van der Waals surface area contributed by atoms with Crippen LogP contribution < -0.4 is 40.6 Å². The van der Waals surface area contributed by atoms with Gasteiger partial charge in [-0.05, 0) is 18.2 Å². The van der Waals surface area contributed by atoms with Crippen LogP contribution in [-0.4, -0.2) is 29.6 Å². The summed E-state index contributed by atoms with van der Waals surface area (Å²) in [5.74, 6) is -1.28. The van der Waals surface area contributed by atoms with Crippen molar-refractivity contribution in [2.24, 2.45) is 0 Å². The molecule has 1 aliphatic carbocycles. The van der Waals surface area contributed by atoms with Gasteiger partial charge in [-0.1, -0.05) is 30.3 Å². The van der Waals surface area contributed by atoms with Gasteiger partial charge in [-0.2, -0.15) is 0 Å². The zero-order valence-corrected chi connectivity index (χ0v) is 18.5. The van der Waals surface area contributed by atoms with Crippen molar-refractivity contribution in [1.29, 1.82) is 0 Å². The molecule has 30 heavy (non-hydrogen) atoms. The summed E-state index contributed by atoms with van der Waals surface area (Å²) in [6, 6.07) is 12.8. The Balaban J connectivity index is 0.00000256. The van der Waals surface area contributed by atoms with Gasteiger partial charge in [-0.15, -0.1) is 0 Å². The van der Waals surface area contributed by atoms with Gasteiger partial charge in [0.1, 0.15) is 15.9 Å². The minimum absolute atomic E-state index is 0. The van der Waals surface area contributed by atoms with Crippen LogP contribution in [0.15, 0.2) is 59.5 Å². The monoisotopic (exact) mass is 432 g/mol. The van der Waals surface area contributed by atoms with Crippen molar-refractivity contribution < 1.29 is 57.2 Å². The SMILES string of the molecule is Nc1c(S(=O)(=O)[O-])cc(Nc2cccc(O)c2)c2c1C(=O)c1ccccc1C2=O.[Na+]. The molecule has 0 fully saturated rings. The van der Waals surface area contributed by atoms with E-state index in [4.69, 9.17) is 5.73 Å². The average Bonchev–Trinajstić information content (AvgIpc) is 2.66. The van der Waals surface area contributed by atoms with E-state index in [0.717, 1.165) is 6.07 Å². The van der Waals surface area contributed by atoms with Crippen LogP contribution >= 0.6 is 0 Å². The first kappa shape index (κ1) is 22.0. The van der Waals surface area contributed by atoms with Gasteiger partial charge in [-0.25, -0.2) is 8.42 Å². The zero-order chi connectivity index (χ0) is 20.9. The minimum atomic E-state index is -5.04. The van der Waals surface area contributed by atoms with Crippen molar-refractivity contribution in [3.05, 3.63) is 76.9 Å². The molecule has 0 saturated carbocycles. The molecule has 0 saturated heterocycles. The van der Waals surface area contributed by atoms with E-state index in [2.05, 4.69) is 5.32 Å². The van der Waals surface area contributed by atoms with E-state index >= 15 is 0 Å². The van der Waals surface area contributed by atoms with E-state index in [1.165, 1.54) is 30.3 Å². The number of hydrogen-bond donors (Lipinski definition) is 3. The zero-order valence-electron chi connectivity index (χ0n) is 15.7. The van der Waals surface area contributed by atoms with Gasteiger partial charge >= 0.3 is 29.6 Å². The maximum absolute atomic E-state index is 13.1. The van der Waals surface area contributed by atoms with Gasteiger partial charge in [0.05, 0.1) is 27.4 Å². The second-order valence-corrected chi connectivity index (χ2v) is 7.77. The van der Waals surface area contributed by atoms with Crippen molar-refractivity contribution in [1.82, 2.24) is 0 Å². The van der Waals surface area contributed by atoms with E-state index in [-0.39, 0.29) is 63.2 Å². The summed E-state index contributed by atoms with van der Waals surface area (Å²) in [5.41, 5.74) is 5.26. The van der Waals surface area contributed by atoms with Crippen LogP contribution in [0.5, 0.6) is 5.75 Å². The predicted molar refractivity (Wildman–Crippen MR) is 104 cm³/mol. The first-order valence-electron chi connectivity index (χ1n) is 8.35. The van der Waals surface area contributed by atoms with Crippen molar-refractivity contribution in [2.75, 3.05) is 11.1 Å². The number of aromatic hydroxyl groups is 1. The Morgan fingerprint density at radius 1 is 0.900 bits per heavy atom. The van der Waals surface area contributed by atoms with Gasteiger partial charge in [0.15, 0.2) is 11.6 Å². The summed E-state index contributed by atoms with van der Waals surface area (Å²) in [4.78, 5) is 25.3. The third kappa shape index (κ3) is 3.62. The summed E-state index contributed by atoms with van der Waals surface area (Å²) in [7, 11) is -5.04. The molecular weight excluding hydrogens is 419 g/mol. The van der Waals surface area contributed by atoms with E-state index < -0.39 is 32.3 Å². The van der Waals surface area contributed by atoms with Crippen LogP contribution in [0.3, 0.4) is 0 Å². The van der Waals surface area contributed by atoms with Gasteiger partial charge in [0, 0.05) is 22.9 Å². The second kappa shape index (κ2) is 7.86. The fraction of sp³-hybridized carbons (Fsp3) is 0. The number of benzene rings is 3. The standard InChI is InChI=1S/C20H14N2O6S.Na/c21-18-15(29(26,27)28)9-14(22-10-4-3-5-11(23)8-10)16-17(18)20(25)13-7-2-1-6-12(13)19(16)24;/h1-9,22-23H,21H2,(H,26,27,28);/q;+1/p-1. The maximum Gasteiger partial charge on any atom is 1.00 e. The van der Waals surface area contributed by atoms with Crippen LogP contribution in [0.4, 0.5) is 17.1 Å². The number of phenolic OH excluding ortho intramolecular Hbond substituents is 1. The van der Waals surface area contributed by atoms with Gasteiger partial charge in [0.2, 0.25) is 0 Å². The summed E-state index contributed by atoms with van der Waals surface area (Å²) in [6.45, 7) is 0. The molecule has 0 aliphatic heterocycles. The van der Waals surface area contributed by atoms with Crippen molar-refractivity contribution >= 4 is 38.7 Å². The Labute approximate surface area is 193 Å². The molecule has 146 valence electrons. The summed E-state index contributed by atoms with van der Waals surface area (Å²) < 4.78 is 35.2. The molecule has 3 aromatic rings. The molecule has 0 spiro atoms. The Morgan fingerprint density at radius 2 is 1.50 bits per heavy atom. The molecule has 0 aromatic heterocycles. The number of carbonyl (C=O) groups excluding carboxylic acids is 2. The predicted octanol–water partition coefficient (Wildman–Crippen LogP) is -0.598. The van der Waals surface area contributed by atoms with Gasteiger partial charge in [-0.3, -0.25) is 9.59 Å². The van der Waals surface area contributed by atoms with Crippen molar-refractivity contribution in [2.45, 2.75) is 4.90 Å². The molecule has 4 rings (SSSR count). The Bertz CT molecular complexity index is 1320. The first-order chi connectivity index (χ1) is 13.7. The third-order valence-electron chi connectivity index (χ3n) is 4.59. The van der Waals surface area contributed by atoms with Gasteiger partial charge in [0.25, 0.3) is 0 Å². The van der Waals surface area contributed by atoms with E-state index in [1.54, 1.807) is 18.2 Å². The number of carbonyl (C=O) groups is 2. The number of anilines is 3. The molecular formula is C20H13N2NaO6S. The van der Waals surface area contributed by atoms with Crippen LogP contribution in [0, 0.1) is 0 Å². The van der Waals surface area contributed by atoms with E-state index in [0.29, 0.717) is 5.69 Å². The Kier molecular flexibility index (Phi) is 5.76. The summed E-state index contributed by atoms with van der Waals surface area (Å²) in [5, 5.41) is 12.5. The van der Waals surface area contributed by atoms with Crippen molar-refractivity contribution in [3.63, 3.8) is 0 Å². The van der Waals surface area contributed by atoms with E-state index in [1.807, 2.05) is 0 Å². The molecule has 0 radical (unpaired) electrons. The quantitative estimate of drug-likeness (QED) is 0.221. The Hall–Kier alpha value is -2.69. The molecule has 0 amide bonds. The number of hydrogen-bond acceptors (Lipinski definition) is 8. The summed E-state index contributed by atoms with van der Waals surface area (Å²) >= 11 is 0. The number of nitrogens with one attached hydrogen (secondary N) is 1. The molecule has 8 nitrogen and oxygen atoms in total. The number of nitrogens with two attached hydrogens (primary N) is 1. The molecule has 1 aliphatic rings. The fourth-order valence-electron chi connectivity index (χ4n) is 3.34. The maximum atomic E-state index is 13.1. The molecule has 0 bridgehead atoms. The first-order valence-corrected chi connectivity index (χ1v) is 9.76. The molecule has 4 N–H and O–H groups in total. The van der Waals surface area contributed by atoms with Crippen LogP contribution in [0.2, 0.25) is 0 Å². The third-order valence-corrected chi connectivity index (χ3v) is 5.47. The average molecular weight is 432 g/mol. The molecule has 0 atom stereocenters. The summed E-state index contributed by atoms with van der Waals surface area (Å²) in [6.07, 6.45) is 0.